The summed E-state index contributed by atoms with van der Waals surface area (Å²) in [6, 6.07) is 17.4. The van der Waals surface area contributed by atoms with Crippen molar-refractivity contribution in [3.05, 3.63) is 101 Å². The summed E-state index contributed by atoms with van der Waals surface area (Å²) in [5.74, 6) is -0.557. The van der Waals surface area contributed by atoms with E-state index in [0.29, 0.717) is 31.1 Å². The standard InChI is InChI=1S/C51H65F2N7O6S/c1-32-24-39-38-14-10-11-15-40(38)57-45(39)46(59(32)29-43(52)53)41-21-20-37(27-54-41)66-23-13-9-7-6-8-12-22-65-30-44(62)58-48(51(3,4)5)50(64)60-28-36(61)25-42(60)49(63)55-26-34-16-18-35(19-17-34)47-33(2)56-31-67-47/h10-11,14-21,27,31-32,36,42-43,46,48,57,61H,6-9,12-13,22-26,28-30H2,1-5H3,(H,55,63)(H,58,62)/t32-,36-,42+,46-,48?/m1/s1. The molecule has 5 heterocycles. The van der Waals surface area contributed by atoms with Crippen LogP contribution in [-0.2, 0) is 32.1 Å². The number of aromatic nitrogens is 3. The summed E-state index contributed by atoms with van der Waals surface area (Å²) < 4.78 is 39.2. The summed E-state index contributed by atoms with van der Waals surface area (Å²) in [6.07, 6.45) is 4.77. The Kier molecular flexibility index (Phi) is 16.8. The van der Waals surface area contributed by atoms with E-state index in [9.17, 15) is 28.3 Å². The molecule has 0 aliphatic carbocycles. The van der Waals surface area contributed by atoms with Gasteiger partial charge in [0.15, 0.2) is 0 Å². The number of alkyl halides is 2. The lowest BCUT2D eigenvalue weighted by atomic mass is 9.85. The van der Waals surface area contributed by atoms with Crippen LogP contribution in [0, 0.1) is 12.3 Å². The average Bonchev–Trinajstić information content (AvgIpc) is 4.02. The molecule has 4 N–H and O–H groups in total. The number of hydrogen-bond acceptors (Lipinski definition) is 10. The van der Waals surface area contributed by atoms with Crippen molar-refractivity contribution < 1.29 is 37.7 Å². The Morgan fingerprint density at radius 2 is 1.70 bits per heavy atom. The first-order valence-electron chi connectivity index (χ1n) is 23.5. The van der Waals surface area contributed by atoms with Gasteiger partial charge in [-0.05, 0) is 73.4 Å². The second-order valence-corrected chi connectivity index (χ2v) is 19.8. The minimum Gasteiger partial charge on any atom is -0.492 e. The number of para-hydroxylation sites is 1. The fourth-order valence-electron chi connectivity index (χ4n) is 9.26. The van der Waals surface area contributed by atoms with Crippen molar-refractivity contribution in [1.29, 1.82) is 0 Å². The maximum absolute atomic E-state index is 14.0. The van der Waals surface area contributed by atoms with Gasteiger partial charge in [0.05, 0.1) is 53.3 Å². The number of β-amino-alcohol motifs (C(OH)–C–C–N with tert-alkyl or cyclic N) is 1. The van der Waals surface area contributed by atoms with Crippen LogP contribution in [0.2, 0.25) is 0 Å². The van der Waals surface area contributed by atoms with Gasteiger partial charge in [-0.15, -0.1) is 11.3 Å². The van der Waals surface area contributed by atoms with Gasteiger partial charge in [-0.25, -0.2) is 13.8 Å². The van der Waals surface area contributed by atoms with Crippen LogP contribution in [0.5, 0.6) is 5.75 Å². The molecular formula is C51H65F2N7O6S. The van der Waals surface area contributed by atoms with Crippen molar-refractivity contribution in [2.24, 2.45) is 5.41 Å². The topological polar surface area (TPSA) is 162 Å². The van der Waals surface area contributed by atoms with Crippen molar-refractivity contribution in [2.75, 3.05) is 32.9 Å². The van der Waals surface area contributed by atoms with E-state index in [1.54, 1.807) is 17.5 Å². The minimum atomic E-state index is -2.46. The molecule has 3 aromatic heterocycles. The van der Waals surface area contributed by atoms with E-state index in [0.717, 1.165) is 82.4 Å². The molecule has 0 spiro atoms. The van der Waals surface area contributed by atoms with Gasteiger partial charge in [0, 0.05) is 48.8 Å². The van der Waals surface area contributed by atoms with E-state index in [4.69, 9.17) is 14.5 Å². The highest BCUT2D eigenvalue weighted by atomic mass is 32.1. The molecule has 0 bridgehead atoms. The molecule has 13 nitrogen and oxygen atoms in total. The molecule has 2 aromatic carbocycles. The second kappa shape index (κ2) is 22.7. The van der Waals surface area contributed by atoms with Gasteiger partial charge in [0.1, 0.15) is 24.4 Å². The summed E-state index contributed by atoms with van der Waals surface area (Å²) in [7, 11) is 0. The van der Waals surface area contributed by atoms with Gasteiger partial charge < -0.3 is 35.1 Å². The zero-order valence-corrected chi connectivity index (χ0v) is 40.0. The number of aliphatic hydroxyl groups excluding tert-OH is 1. The SMILES string of the molecule is Cc1ncsc1-c1ccc(CNC(=O)[C@@H]2C[C@@H](O)CN2C(=O)C(NC(=O)COCCCCCCCCOc2ccc([C@@H]3c4[nH]c5ccccc5c4C[C@@H](C)N3CC(F)F)nc2)C(C)(C)C)cc1. The van der Waals surface area contributed by atoms with E-state index in [1.807, 2.05) is 99.6 Å². The summed E-state index contributed by atoms with van der Waals surface area (Å²) >= 11 is 1.58. The Labute approximate surface area is 396 Å². The highest BCUT2D eigenvalue weighted by molar-refractivity contribution is 7.13. The summed E-state index contributed by atoms with van der Waals surface area (Å²) in [6.45, 7) is 10.2. The van der Waals surface area contributed by atoms with E-state index in [1.165, 1.54) is 4.90 Å². The number of likely N-dealkylation sites (tertiary alicyclic amines) is 1. The van der Waals surface area contributed by atoms with Gasteiger partial charge in [0.2, 0.25) is 17.7 Å². The van der Waals surface area contributed by atoms with E-state index < -0.39 is 47.9 Å². The largest absolute Gasteiger partial charge is 0.492 e. The molecule has 5 atom stereocenters. The first-order valence-corrected chi connectivity index (χ1v) is 24.4. The maximum Gasteiger partial charge on any atom is 0.251 e. The number of aliphatic hydroxyl groups is 1. The number of hydrogen-bond donors (Lipinski definition) is 4. The molecule has 16 heteroatoms. The van der Waals surface area contributed by atoms with Crippen LogP contribution in [0.4, 0.5) is 8.78 Å². The first-order chi connectivity index (χ1) is 32.2. The van der Waals surface area contributed by atoms with Gasteiger partial charge in [-0.1, -0.05) is 88.9 Å². The summed E-state index contributed by atoms with van der Waals surface area (Å²) in [5, 5.41) is 17.5. The predicted octanol–water partition coefficient (Wildman–Crippen LogP) is 8.14. The number of ether oxygens (including phenoxy) is 2. The van der Waals surface area contributed by atoms with Crippen LogP contribution in [0.1, 0.15) is 107 Å². The number of H-pyrrole nitrogens is 1. The van der Waals surface area contributed by atoms with Crippen molar-refractivity contribution in [1.82, 2.24) is 35.4 Å². The number of unbranched alkanes of at least 4 members (excludes halogenated alkanes) is 5. The highest BCUT2D eigenvalue weighted by Gasteiger charge is 2.44. The molecular weight excluding hydrogens is 877 g/mol. The number of thiazole rings is 1. The maximum atomic E-state index is 14.0. The number of amides is 3. The Bertz CT molecular complexity index is 2420. The van der Waals surface area contributed by atoms with Crippen molar-refractivity contribution in [2.45, 2.75) is 129 Å². The molecule has 0 radical (unpaired) electrons. The highest BCUT2D eigenvalue weighted by Crippen LogP contribution is 2.41. The molecule has 1 saturated heterocycles. The molecule has 0 saturated carbocycles. The number of benzene rings is 2. The van der Waals surface area contributed by atoms with Gasteiger partial charge in [-0.2, -0.15) is 0 Å². The fourth-order valence-corrected chi connectivity index (χ4v) is 10.1. The smallest absolute Gasteiger partial charge is 0.251 e. The van der Waals surface area contributed by atoms with Crippen LogP contribution in [0.25, 0.3) is 21.3 Å². The number of aromatic amines is 1. The molecule has 2 aliphatic rings. The molecule has 1 unspecified atom stereocenters. The molecule has 360 valence electrons. The third kappa shape index (κ3) is 12.6. The lowest BCUT2D eigenvalue weighted by molar-refractivity contribution is -0.144. The van der Waals surface area contributed by atoms with Crippen LogP contribution in [0.3, 0.4) is 0 Å². The van der Waals surface area contributed by atoms with Crippen molar-refractivity contribution >= 4 is 40.0 Å². The van der Waals surface area contributed by atoms with Crippen molar-refractivity contribution in [3.63, 3.8) is 0 Å². The summed E-state index contributed by atoms with van der Waals surface area (Å²) in [4.78, 5) is 57.3. The van der Waals surface area contributed by atoms with E-state index >= 15 is 0 Å². The number of fused-ring (bicyclic) bond motifs is 3. The number of carbonyl (C=O) groups is 3. The second-order valence-electron chi connectivity index (χ2n) is 19.0. The third-order valence-corrected chi connectivity index (χ3v) is 13.8. The molecule has 67 heavy (non-hydrogen) atoms. The number of rotatable bonds is 21. The van der Waals surface area contributed by atoms with Crippen LogP contribution in [0.15, 0.2) is 72.4 Å². The monoisotopic (exact) mass is 941 g/mol. The minimum absolute atomic E-state index is 0.000939. The Balaban J connectivity index is 0.782. The van der Waals surface area contributed by atoms with Crippen LogP contribution >= 0.6 is 11.3 Å². The number of nitrogens with one attached hydrogen (secondary N) is 3. The van der Waals surface area contributed by atoms with Gasteiger partial charge in [-0.3, -0.25) is 24.3 Å². The van der Waals surface area contributed by atoms with Crippen molar-refractivity contribution in [3.8, 4) is 16.2 Å². The number of pyridine rings is 1. The molecule has 2 aliphatic heterocycles. The zero-order chi connectivity index (χ0) is 47.7. The number of nitrogens with zero attached hydrogens (tertiary/aromatic N) is 4. The Morgan fingerprint density at radius 3 is 2.39 bits per heavy atom. The van der Waals surface area contributed by atoms with E-state index in [2.05, 4.69) is 26.7 Å². The fraction of sp³-hybridized carbons (Fsp3) is 0.510. The molecule has 3 amide bonds. The Hall–Kier alpha value is -5.29. The first kappa shape index (κ1) is 49.6. The zero-order valence-electron chi connectivity index (χ0n) is 39.2. The number of halogens is 2. The number of carbonyl (C=O) groups excluding carboxylic acids is 3. The lowest BCUT2D eigenvalue weighted by Gasteiger charge is -2.40. The van der Waals surface area contributed by atoms with E-state index in [-0.39, 0.29) is 44.6 Å². The predicted molar refractivity (Wildman–Crippen MR) is 256 cm³/mol. The van der Waals surface area contributed by atoms with Crippen LogP contribution in [-0.4, -0.2) is 111 Å². The summed E-state index contributed by atoms with van der Waals surface area (Å²) in [5.41, 5.74) is 7.84. The van der Waals surface area contributed by atoms with Gasteiger partial charge in [0.25, 0.3) is 6.43 Å². The number of aryl methyl sites for hydroxylation is 1. The van der Waals surface area contributed by atoms with Gasteiger partial charge >= 0.3 is 0 Å². The molecule has 7 rings (SSSR count). The quantitative estimate of drug-likeness (QED) is 0.0533. The lowest BCUT2D eigenvalue weighted by Crippen LogP contribution is -2.58. The molecule has 1 fully saturated rings. The molecule has 5 aromatic rings. The third-order valence-electron chi connectivity index (χ3n) is 12.8. The van der Waals surface area contributed by atoms with Crippen LogP contribution < -0.4 is 15.4 Å². The normalized spacial score (nSPS) is 19.1. The average molecular weight is 942 g/mol. The Morgan fingerprint density at radius 1 is 0.970 bits per heavy atom.